The molecule has 0 unspecified atom stereocenters. The number of nitrogens with one attached hydrogen (secondary N) is 1. The molecule has 0 bridgehead atoms. The maximum absolute atomic E-state index is 12.1. The lowest BCUT2D eigenvalue weighted by molar-refractivity contribution is 0.102. The molecule has 0 saturated carbocycles. The van der Waals surface area contributed by atoms with Gasteiger partial charge in [-0.1, -0.05) is 29.8 Å². The minimum absolute atomic E-state index is 0.242. The molecule has 4 nitrogen and oxygen atoms in total. The maximum Gasteiger partial charge on any atom is 0.276 e. The zero-order valence-electron chi connectivity index (χ0n) is 12.3. The molecule has 0 spiro atoms. The van der Waals surface area contributed by atoms with Gasteiger partial charge in [0.15, 0.2) is 5.13 Å². The molecule has 0 aliphatic carbocycles. The number of rotatable bonds is 3. The second kappa shape index (κ2) is 6.07. The third kappa shape index (κ3) is 3.20. The standard InChI is InChI=1S/C17H15N3OS/c1-11-3-5-13(6-4-11)15-10-22-17(19-15)20-16(21)14-9-12(2)7-8-18-14/h3-10H,1-2H3,(H,19,20,21). The summed E-state index contributed by atoms with van der Waals surface area (Å²) in [5.74, 6) is -0.242. The Bertz CT molecular complexity index is 809. The van der Waals surface area contributed by atoms with Crippen LogP contribution in [0.15, 0.2) is 48.0 Å². The summed E-state index contributed by atoms with van der Waals surface area (Å²) in [5, 5.41) is 5.30. The van der Waals surface area contributed by atoms with E-state index in [4.69, 9.17) is 0 Å². The second-order valence-corrected chi connectivity index (χ2v) is 5.93. The van der Waals surface area contributed by atoms with E-state index in [-0.39, 0.29) is 5.91 Å². The van der Waals surface area contributed by atoms with Gasteiger partial charge in [0.2, 0.25) is 0 Å². The number of anilines is 1. The molecular formula is C17H15N3OS. The first-order valence-corrected chi connectivity index (χ1v) is 7.76. The Morgan fingerprint density at radius 2 is 1.86 bits per heavy atom. The van der Waals surface area contributed by atoms with Crippen LogP contribution < -0.4 is 5.32 Å². The summed E-state index contributed by atoms with van der Waals surface area (Å²) in [6, 6.07) is 11.8. The molecule has 0 atom stereocenters. The van der Waals surface area contributed by atoms with Crippen molar-refractivity contribution in [3.05, 3.63) is 64.8 Å². The SMILES string of the molecule is Cc1ccc(-c2csc(NC(=O)c3cc(C)ccn3)n2)cc1. The molecule has 22 heavy (non-hydrogen) atoms. The van der Waals surface area contributed by atoms with Gasteiger partial charge in [0.05, 0.1) is 5.69 Å². The molecule has 0 fully saturated rings. The van der Waals surface area contributed by atoms with Crippen LogP contribution in [0.3, 0.4) is 0 Å². The molecule has 0 aliphatic heterocycles. The van der Waals surface area contributed by atoms with E-state index in [1.807, 2.05) is 49.6 Å². The summed E-state index contributed by atoms with van der Waals surface area (Å²) in [6.45, 7) is 3.97. The minimum atomic E-state index is -0.242. The number of benzene rings is 1. The van der Waals surface area contributed by atoms with Crippen molar-refractivity contribution >= 4 is 22.4 Å². The van der Waals surface area contributed by atoms with Crippen molar-refractivity contribution in [1.29, 1.82) is 0 Å². The summed E-state index contributed by atoms with van der Waals surface area (Å²) in [5.41, 5.74) is 4.50. The Hall–Kier alpha value is -2.53. The Labute approximate surface area is 132 Å². The summed E-state index contributed by atoms with van der Waals surface area (Å²) >= 11 is 1.40. The van der Waals surface area contributed by atoms with Crippen LogP contribution in [0.2, 0.25) is 0 Å². The van der Waals surface area contributed by atoms with Gasteiger partial charge in [-0.2, -0.15) is 0 Å². The van der Waals surface area contributed by atoms with Gasteiger partial charge in [-0.3, -0.25) is 15.1 Å². The molecule has 0 radical (unpaired) electrons. The third-order valence-corrected chi connectivity index (χ3v) is 3.98. The summed E-state index contributed by atoms with van der Waals surface area (Å²) in [6.07, 6.45) is 1.63. The van der Waals surface area contributed by atoms with E-state index in [2.05, 4.69) is 15.3 Å². The number of pyridine rings is 1. The monoisotopic (exact) mass is 309 g/mol. The normalized spacial score (nSPS) is 10.5. The smallest absolute Gasteiger partial charge is 0.276 e. The molecule has 2 heterocycles. The molecule has 1 amide bonds. The molecule has 1 aromatic carbocycles. The zero-order chi connectivity index (χ0) is 15.5. The summed E-state index contributed by atoms with van der Waals surface area (Å²) < 4.78 is 0. The Morgan fingerprint density at radius 1 is 1.09 bits per heavy atom. The number of thiazole rings is 1. The first-order valence-electron chi connectivity index (χ1n) is 6.88. The molecule has 0 aliphatic rings. The highest BCUT2D eigenvalue weighted by atomic mass is 32.1. The number of carbonyl (C=O) groups excluding carboxylic acids is 1. The van der Waals surface area contributed by atoms with Crippen LogP contribution in [0.25, 0.3) is 11.3 Å². The van der Waals surface area contributed by atoms with E-state index in [0.717, 1.165) is 16.8 Å². The zero-order valence-corrected chi connectivity index (χ0v) is 13.1. The van der Waals surface area contributed by atoms with Crippen molar-refractivity contribution in [2.75, 3.05) is 5.32 Å². The molecule has 5 heteroatoms. The van der Waals surface area contributed by atoms with Gasteiger partial charge in [0.1, 0.15) is 5.69 Å². The minimum Gasteiger partial charge on any atom is -0.296 e. The lowest BCUT2D eigenvalue weighted by atomic mass is 10.1. The van der Waals surface area contributed by atoms with Crippen LogP contribution in [-0.2, 0) is 0 Å². The van der Waals surface area contributed by atoms with Gasteiger partial charge in [0.25, 0.3) is 5.91 Å². The predicted molar refractivity (Wildman–Crippen MR) is 89.2 cm³/mol. The van der Waals surface area contributed by atoms with Crippen LogP contribution in [0.5, 0.6) is 0 Å². The van der Waals surface area contributed by atoms with Gasteiger partial charge >= 0.3 is 0 Å². The highest BCUT2D eigenvalue weighted by molar-refractivity contribution is 7.14. The maximum atomic E-state index is 12.1. The lowest BCUT2D eigenvalue weighted by Crippen LogP contribution is -2.13. The quantitative estimate of drug-likeness (QED) is 0.793. The highest BCUT2D eigenvalue weighted by Crippen LogP contribution is 2.25. The van der Waals surface area contributed by atoms with Crippen LogP contribution in [-0.4, -0.2) is 15.9 Å². The van der Waals surface area contributed by atoms with Crippen LogP contribution in [0.4, 0.5) is 5.13 Å². The van der Waals surface area contributed by atoms with Crippen molar-refractivity contribution < 1.29 is 4.79 Å². The Morgan fingerprint density at radius 3 is 2.59 bits per heavy atom. The Kier molecular flexibility index (Phi) is 3.98. The first kappa shape index (κ1) is 14.4. The van der Waals surface area contributed by atoms with Crippen LogP contribution >= 0.6 is 11.3 Å². The number of hydrogen-bond acceptors (Lipinski definition) is 4. The van der Waals surface area contributed by atoms with E-state index in [1.165, 1.54) is 16.9 Å². The molecule has 3 rings (SSSR count). The number of hydrogen-bond donors (Lipinski definition) is 1. The van der Waals surface area contributed by atoms with Crippen molar-refractivity contribution in [3.63, 3.8) is 0 Å². The number of aromatic nitrogens is 2. The van der Waals surface area contributed by atoms with E-state index < -0.39 is 0 Å². The molecule has 3 aromatic rings. The molecule has 0 saturated heterocycles. The van der Waals surface area contributed by atoms with Gasteiger partial charge < -0.3 is 0 Å². The topological polar surface area (TPSA) is 54.9 Å². The fourth-order valence-electron chi connectivity index (χ4n) is 2.01. The number of carbonyl (C=O) groups is 1. The highest BCUT2D eigenvalue weighted by Gasteiger charge is 2.11. The van der Waals surface area contributed by atoms with Gasteiger partial charge in [-0.15, -0.1) is 11.3 Å². The van der Waals surface area contributed by atoms with E-state index in [1.54, 1.807) is 12.3 Å². The number of nitrogens with zero attached hydrogens (tertiary/aromatic N) is 2. The van der Waals surface area contributed by atoms with E-state index in [0.29, 0.717) is 10.8 Å². The van der Waals surface area contributed by atoms with Crippen molar-refractivity contribution in [2.24, 2.45) is 0 Å². The fraction of sp³-hybridized carbons (Fsp3) is 0.118. The van der Waals surface area contributed by atoms with Crippen molar-refractivity contribution in [3.8, 4) is 11.3 Å². The molecule has 110 valence electrons. The third-order valence-electron chi connectivity index (χ3n) is 3.22. The first-order chi connectivity index (χ1) is 10.6. The largest absolute Gasteiger partial charge is 0.296 e. The second-order valence-electron chi connectivity index (χ2n) is 5.08. The number of aryl methyl sites for hydroxylation is 2. The molecule has 2 aromatic heterocycles. The average Bonchev–Trinajstić information content (AvgIpc) is 2.96. The van der Waals surface area contributed by atoms with Crippen LogP contribution in [0, 0.1) is 13.8 Å². The summed E-state index contributed by atoms with van der Waals surface area (Å²) in [7, 11) is 0. The van der Waals surface area contributed by atoms with Crippen molar-refractivity contribution in [2.45, 2.75) is 13.8 Å². The number of amides is 1. The van der Waals surface area contributed by atoms with Gasteiger partial charge in [-0.25, -0.2) is 4.98 Å². The Balaban J connectivity index is 1.77. The lowest BCUT2D eigenvalue weighted by Gasteiger charge is -2.01. The predicted octanol–water partition coefficient (Wildman–Crippen LogP) is 4.07. The van der Waals surface area contributed by atoms with Crippen LogP contribution in [0.1, 0.15) is 21.6 Å². The molecule has 1 N–H and O–H groups in total. The van der Waals surface area contributed by atoms with E-state index >= 15 is 0 Å². The fourth-order valence-corrected chi connectivity index (χ4v) is 2.72. The van der Waals surface area contributed by atoms with E-state index in [9.17, 15) is 4.79 Å². The summed E-state index contributed by atoms with van der Waals surface area (Å²) in [4.78, 5) is 20.7. The average molecular weight is 309 g/mol. The van der Waals surface area contributed by atoms with Crippen molar-refractivity contribution in [1.82, 2.24) is 9.97 Å². The van der Waals surface area contributed by atoms with Gasteiger partial charge in [0, 0.05) is 17.1 Å². The molecular weight excluding hydrogens is 294 g/mol. The van der Waals surface area contributed by atoms with Gasteiger partial charge in [-0.05, 0) is 31.5 Å².